The largest absolute Gasteiger partial charge is 0.455 e. The summed E-state index contributed by atoms with van der Waals surface area (Å²) >= 11 is 0. The van der Waals surface area contributed by atoms with E-state index in [4.69, 9.17) is 4.74 Å². The molecule has 1 atom stereocenters. The third-order valence-corrected chi connectivity index (χ3v) is 4.54. The molecule has 5 nitrogen and oxygen atoms in total. The average Bonchev–Trinajstić information content (AvgIpc) is 3.10. The molecule has 3 rings (SSSR count). The molecule has 1 fully saturated rings. The second kappa shape index (κ2) is 8.03. The topological polar surface area (TPSA) is 56.6 Å². The molecule has 0 bridgehead atoms. The Balaban J connectivity index is 1.79. The molecule has 26 heavy (non-hydrogen) atoms. The standard InChI is InChI=1S/C21H23N3O2/c1-23(2)14-16-11-12-24(15-16)21(25)18-8-4-6-10-20(18)26-19-9-5-3-7-17(19)13-22/h3-10,16H,11-12,14-15H2,1-2H3/t16-/m0/s1. The van der Waals surface area contributed by atoms with Crippen LogP contribution in [0.25, 0.3) is 0 Å². The molecule has 2 aromatic carbocycles. The number of benzene rings is 2. The molecule has 0 spiro atoms. The van der Waals surface area contributed by atoms with Gasteiger partial charge in [0.05, 0.1) is 11.1 Å². The van der Waals surface area contributed by atoms with Crippen molar-refractivity contribution in [1.82, 2.24) is 9.80 Å². The van der Waals surface area contributed by atoms with Crippen molar-refractivity contribution in [3.8, 4) is 17.6 Å². The first kappa shape index (κ1) is 18.0. The molecule has 0 aliphatic carbocycles. The SMILES string of the molecule is CN(C)C[C@@H]1CCN(C(=O)c2ccccc2Oc2ccccc2C#N)C1. The summed E-state index contributed by atoms with van der Waals surface area (Å²) in [5.41, 5.74) is 0.979. The number of hydrogen-bond donors (Lipinski definition) is 0. The van der Waals surface area contributed by atoms with E-state index >= 15 is 0 Å². The van der Waals surface area contributed by atoms with Gasteiger partial charge in [-0.05, 0) is 50.7 Å². The van der Waals surface area contributed by atoms with Crippen LogP contribution >= 0.6 is 0 Å². The summed E-state index contributed by atoms with van der Waals surface area (Å²) in [7, 11) is 4.11. The number of carbonyl (C=O) groups is 1. The Hall–Kier alpha value is -2.84. The fourth-order valence-corrected chi connectivity index (χ4v) is 3.35. The third-order valence-electron chi connectivity index (χ3n) is 4.54. The van der Waals surface area contributed by atoms with Gasteiger partial charge in [0.1, 0.15) is 17.6 Å². The minimum Gasteiger partial charge on any atom is -0.455 e. The van der Waals surface area contributed by atoms with Crippen LogP contribution in [0.3, 0.4) is 0 Å². The van der Waals surface area contributed by atoms with Gasteiger partial charge in [0.2, 0.25) is 0 Å². The molecule has 0 unspecified atom stereocenters. The average molecular weight is 349 g/mol. The lowest BCUT2D eigenvalue weighted by atomic mass is 10.1. The fraction of sp³-hybridized carbons (Fsp3) is 0.333. The molecule has 0 radical (unpaired) electrons. The quantitative estimate of drug-likeness (QED) is 0.830. The van der Waals surface area contributed by atoms with Crippen LogP contribution in [0.5, 0.6) is 11.5 Å². The van der Waals surface area contributed by atoms with Gasteiger partial charge in [-0.1, -0.05) is 24.3 Å². The van der Waals surface area contributed by atoms with E-state index in [1.54, 1.807) is 30.3 Å². The van der Waals surface area contributed by atoms with Crippen molar-refractivity contribution in [2.45, 2.75) is 6.42 Å². The summed E-state index contributed by atoms with van der Waals surface area (Å²) in [4.78, 5) is 17.1. The number of carbonyl (C=O) groups excluding carboxylic acids is 1. The highest BCUT2D eigenvalue weighted by atomic mass is 16.5. The maximum Gasteiger partial charge on any atom is 0.257 e. The second-order valence-corrected chi connectivity index (χ2v) is 6.87. The lowest BCUT2D eigenvalue weighted by molar-refractivity contribution is 0.0782. The van der Waals surface area contributed by atoms with Crippen LogP contribution in [0.15, 0.2) is 48.5 Å². The molecule has 1 amide bonds. The normalized spacial score (nSPS) is 16.5. The molecular weight excluding hydrogens is 326 g/mol. The number of hydrogen-bond acceptors (Lipinski definition) is 4. The number of rotatable bonds is 5. The summed E-state index contributed by atoms with van der Waals surface area (Å²) in [6.07, 6.45) is 1.02. The minimum atomic E-state index is -0.0173. The summed E-state index contributed by atoms with van der Waals surface area (Å²) in [6.45, 7) is 2.51. The van der Waals surface area contributed by atoms with E-state index in [0.717, 1.165) is 26.1 Å². The molecular formula is C21H23N3O2. The summed E-state index contributed by atoms with van der Waals surface area (Å²) in [6, 6.07) is 16.4. The van der Waals surface area contributed by atoms with E-state index in [0.29, 0.717) is 28.5 Å². The Morgan fingerprint density at radius 2 is 1.88 bits per heavy atom. The predicted molar refractivity (Wildman–Crippen MR) is 100 cm³/mol. The van der Waals surface area contributed by atoms with Crippen LogP contribution in [0.4, 0.5) is 0 Å². The molecule has 1 aliphatic rings. The first-order chi connectivity index (χ1) is 12.6. The zero-order chi connectivity index (χ0) is 18.5. The Bertz CT molecular complexity index is 826. The van der Waals surface area contributed by atoms with Crippen molar-refractivity contribution < 1.29 is 9.53 Å². The van der Waals surface area contributed by atoms with Crippen molar-refractivity contribution in [1.29, 1.82) is 5.26 Å². The Labute approximate surface area is 154 Å². The summed E-state index contributed by atoms with van der Waals surface area (Å²) in [5, 5.41) is 9.24. The van der Waals surface area contributed by atoms with Crippen LogP contribution in [0.2, 0.25) is 0 Å². The van der Waals surface area contributed by atoms with Crippen LogP contribution in [-0.4, -0.2) is 49.4 Å². The van der Waals surface area contributed by atoms with E-state index in [9.17, 15) is 10.1 Å². The van der Waals surface area contributed by atoms with Gasteiger partial charge in [0.15, 0.2) is 0 Å². The third kappa shape index (κ3) is 4.04. The number of nitriles is 1. The summed E-state index contributed by atoms with van der Waals surface area (Å²) in [5.74, 6) is 1.43. The number of likely N-dealkylation sites (tertiary alicyclic amines) is 1. The van der Waals surface area contributed by atoms with Gasteiger partial charge in [-0.25, -0.2) is 0 Å². The maximum absolute atomic E-state index is 13.0. The number of para-hydroxylation sites is 2. The molecule has 0 saturated carbocycles. The Morgan fingerprint density at radius 1 is 1.19 bits per heavy atom. The van der Waals surface area contributed by atoms with Gasteiger partial charge < -0.3 is 14.5 Å². The van der Waals surface area contributed by atoms with E-state index in [1.807, 2.05) is 23.1 Å². The van der Waals surface area contributed by atoms with Crippen molar-refractivity contribution >= 4 is 5.91 Å². The molecule has 0 N–H and O–H groups in total. The first-order valence-electron chi connectivity index (χ1n) is 8.78. The van der Waals surface area contributed by atoms with Gasteiger partial charge in [0, 0.05) is 19.6 Å². The Kier molecular flexibility index (Phi) is 5.55. The van der Waals surface area contributed by atoms with Gasteiger partial charge in [0.25, 0.3) is 5.91 Å². The molecule has 1 aliphatic heterocycles. The highest BCUT2D eigenvalue weighted by Gasteiger charge is 2.28. The van der Waals surface area contributed by atoms with Gasteiger partial charge in [-0.2, -0.15) is 5.26 Å². The lowest BCUT2D eigenvalue weighted by Gasteiger charge is -2.20. The van der Waals surface area contributed by atoms with Crippen molar-refractivity contribution in [2.75, 3.05) is 33.7 Å². The van der Waals surface area contributed by atoms with E-state index in [2.05, 4.69) is 25.1 Å². The molecule has 0 aromatic heterocycles. The lowest BCUT2D eigenvalue weighted by Crippen LogP contribution is -2.31. The predicted octanol–water partition coefficient (Wildman–Crippen LogP) is 3.37. The van der Waals surface area contributed by atoms with Crippen LogP contribution in [-0.2, 0) is 0 Å². The number of amides is 1. The first-order valence-corrected chi connectivity index (χ1v) is 8.78. The van der Waals surface area contributed by atoms with Crippen LogP contribution < -0.4 is 4.74 Å². The van der Waals surface area contributed by atoms with Crippen LogP contribution in [0.1, 0.15) is 22.3 Å². The van der Waals surface area contributed by atoms with E-state index in [1.165, 1.54) is 0 Å². The zero-order valence-electron chi connectivity index (χ0n) is 15.2. The highest BCUT2D eigenvalue weighted by molar-refractivity contribution is 5.97. The minimum absolute atomic E-state index is 0.0173. The second-order valence-electron chi connectivity index (χ2n) is 6.87. The molecule has 2 aromatic rings. The summed E-state index contributed by atoms with van der Waals surface area (Å²) < 4.78 is 5.93. The zero-order valence-corrected chi connectivity index (χ0v) is 15.2. The monoisotopic (exact) mass is 349 g/mol. The van der Waals surface area contributed by atoms with Crippen molar-refractivity contribution in [3.63, 3.8) is 0 Å². The molecule has 5 heteroatoms. The number of nitrogens with zero attached hydrogens (tertiary/aromatic N) is 3. The molecule has 1 saturated heterocycles. The van der Waals surface area contributed by atoms with Crippen molar-refractivity contribution in [2.24, 2.45) is 5.92 Å². The Morgan fingerprint density at radius 3 is 2.62 bits per heavy atom. The molecule has 134 valence electrons. The van der Waals surface area contributed by atoms with Gasteiger partial charge in [-0.15, -0.1) is 0 Å². The molecule has 1 heterocycles. The highest BCUT2D eigenvalue weighted by Crippen LogP contribution is 2.29. The fourth-order valence-electron chi connectivity index (χ4n) is 3.35. The van der Waals surface area contributed by atoms with E-state index in [-0.39, 0.29) is 5.91 Å². The van der Waals surface area contributed by atoms with Crippen molar-refractivity contribution in [3.05, 3.63) is 59.7 Å². The smallest absolute Gasteiger partial charge is 0.257 e. The van der Waals surface area contributed by atoms with Gasteiger partial charge >= 0.3 is 0 Å². The maximum atomic E-state index is 13.0. The van der Waals surface area contributed by atoms with E-state index < -0.39 is 0 Å². The number of ether oxygens (including phenoxy) is 1. The van der Waals surface area contributed by atoms with Crippen LogP contribution in [0, 0.1) is 17.2 Å². The van der Waals surface area contributed by atoms with Gasteiger partial charge in [-0.3, -0.25) is 4.79 Å².